The van der Waals surface area contributed by atoms with E-state index < -0.39 is 46.1 Å². The number of benzene rings is 2. The van der Waals surface area contributed by atoms with Crippen LogP contribution in [0.5, 0.6) is 0 Å². The maximum atomic E-state index is 15.4. The van der Waals surface area contributed by atoms with Gasteiger partial charge in [0.2, 0.25) is 0 Å². The van der Waals surface area contributed by atoms with Crippen LogP contribution in [0.4, 0.5) is 30.7 Å². The Balaban J connectivity index is 1.66. The van der Waals surface area contributed by atoms with Gasteiger partial charge < -0.3 is 0 Å². The zero-order valence-electron chi connectivity index (χ0n) is 18.2. The minimum atomic E-state index is -5.25. The molecule has 4 rings (SSSR count). The second-order valence-electron chi connectivity index (χ2n) is 9.16. The molecule has 0 N–H and O–H groups in total. The van der Waals surface area contributed by atoms with Crippen LogP contribution in [0.25, 0.3) is 11.1 Å². The van der Waals surface area contributed by atoms with Crippen molar-refractivity contribution in [3.63, 3.8) is 0 Å². The van der Waals surface area contributed by atoms with Crippen LogP contribution in [-0.2, 0) is 12.6 Å². The van der Waals surface area contributed by atoms with Crippen LogP contribution in [0, 0.1) is 35.1 Å². The first kappa shape index (κ1) is 23.8. The first-order chi connectivity index (χ1) is 15.6. The predicted molar refractivity (Wildman–Crippen MR) is 113 cm³/mol. The van der Waals surface area contributed by atoms with Crippen molar-refractivity contribution in [1.82, 2.24) is 0 Å². The van der Waals surface area contributed by atoms with E-state index in [-0.39, 0.29) is 5.92 Å². The number of alkyl halides is 3. The number of rotatable bonds is 4. The smallest absolute Gasteiger partial charge is 0.206 e. The van der Waals surface area contributed by atoms with Crippen LogP contribution >= 0.6 is 0 Å². The average Bonchev–Trinajstić information content (AvgIpc) is 2.72. The van der Waals surface area contributed by atoms with Crippen molar-refractivity contribution in [1.29, 1.82) is 0 Å². The van der Waals surface area contributed by atoms with Gasteiger partial charge in [-0.15, -0.1) is 0 Å². The molecule has 33 heavy (non-hydrogen) atoms. The minimum Gasteiger partial charge on any atom is -0.206 e. The third kappa shape index (κ3) is 4.56. The lowest BCUT2D eigenvalue weighted by molar-refractivity contribution is -0.142. The molecule has 1 fully saturated rings. The molecule has 0 bridgehead atoms. The fraction of sp³-hybridized carbons (Fsp3) is 0.462. The fourth-order valence-electron chi connectivity index (χ4n) is 5.70. The quantitative estimate of drug-likeness (QED) is 0.310. The standard InChI is InChI=1S/C26H25F7/c1-2-3-4-5-14-6-8-17-15(10-14)7-9-18-19(17)13-20(27)23(25(18)30)16-11-21(28)24(22(29)12-16)26(31,32)33/h2-3,11-15,17H,4-10H2,1H3/b3-2+. The fourth-order valence-corrected chi connectivity index (χ4v) is 5.70. The molecule has 2 aromatic rings. The molecule has 0 heterocycles. The van der Waals surface area contributed by atoms with Crippen molar-refractivity contribution in [2.24, 2.45) is 11.8 Å². The van der Waals surface area contributed by atoms with Crippen molar-refractivity contribution < 1.29 is 30.7 Å². The number of allylic oxidation sites excluding steroid dienone is 2. The number of hydrogen-bond donors (Lipinski definition) is 0. The van der Waals surface area contributed by atoms with Gasteiger partial charge in [0, 0.05) is 0 Å². The molecule has 7 heteroatoms. The lowest BCUT2D eigenvalue weighted by atomic mass is 9.64. The van der Waals surface area contributed by atoms with Crippen LogP contribution in [0.15, 0.2) is 30.4 Å². The number of fused-ring (bicyclic) bond motifs is 3. The van der Waals surface area contributed by atoms with Crippen molar-refractivity contribution in [2.75, 3.05) is 0 Å². The molecule has 0 aromatic heterocycles. The van der Waals surface area contributed by atoms with Gasteiger partial charge in [-0.3, -0.25) is 0 Å². The summed E-state index contributed by atoms with van der Waals surface area (Å²) in [6.07, 6.45) is 4.91. The van der Waals surface area contributed by atoms with Crippen molar-refractivity contribution in [2.45, 2.75) is 64.0 Å². The van der Waals surface area contributed by atoms with E-state index in [0.29, 0.717) is 41.5 Å². The molecule has 2 aliphatic carbocycles. The third-order valence-electron chi connectivity index (χ3n) is 7.20. The molecule has 1 saturated carbocycles. The zero-order chi connectivity index (χ0) is 23.9. The van der Waals surface area contributed by atoms with E-state index in [1.807, 2.05) is 13.0 Å². The molecule has 0 amide bonds. The normalized spacial score (nSPS) is 23.0. The Bertz CT molecular complexity index is 1040. The highest BCUT2D eigenvalue weighted by Crippen LogP contribution is 2.50. The third-order valence-corrected chi connectivity index (χ3v) is 7.20. The van der Waals surface area contributed by atoms with Gasteiger partial charge in [-0.25, -0.2) is 17.6 Å². The molecule has 3 unspecified atom stereocenters. The van der Waals surface area contributed by atoms with Gasteiger partial charge in [0.15, 0.2) is 0 Å². The first-order valence-electron chi connectivity index (χ1n) is 11.3. The minimum absolute atomic E-state index is 0.0193. The Kier molecular flexibility index (Phi) is 6.61. The second kappa shape index (κ2) is 9.15. The number of hydrogen-bond acceptors (Lipinski definition) is 0. The lowest BCUT2D eigenvalue weighted by Crippen LogP contribution is -2.29. The van der Waals surface area contributed by atoms with Gasteiger partial charge in [-0.2, -0.15) is 13.2 Å². The van der Waals surface area contributed by atoms with Gasteiger partial charge in [0.05, 0.1) is 5.56 Å². The molecule has 3 atom stereocenters. The Morgan fingerprint density at radius 2 is 1.64 bits per heavy atom. The van der Waals surface area contributed by atoms with Crippen LogP contribution in [0.2, 0.25) is 0 Å². The molecule has 2 aliphatic rings. The van der Waals surface area contributed by atoms with E-state index in [2.05, 4.69) is 6.08 Å². The van der Waals surface area contributed by atoms with Crippen LogP contribution in [0.3, 0.4) is 0 Å². The summed E-state index contributed by atoms with van der Waals surface area (Å²) in [7, 11) is 0. The van der Waals surface area contributed by atoms with Crippen molar-refractivity contribution in [3.8, 4) is 11.1 Å². The molecular weight excluding hydrogens is 445 g/mol. The van der Waals surface area contributed by atoms with Crippen LogP contribution in [0.1, 0.15) is 68.1 Å². The molecule has 0 spiro atoms. The summed E-state index contributed by atoms with van der Waals surface area (Å²) >= 11 is 0. The van der Waals surface area contributed by atoms with Gasteiger partial charge in [-0.05, 0) is 105 Å². The molecule has 2 aromatic carbocycles. The summed E-state index contributed by atoms with van der Waals surface area (Å²) in [5.41, 5.74) is -2.44. The van der Waals surface area contributed by atoms with E-state index in [1.165, 1.54) is 6.07 Å². The Hall–Kier alpha value is -2.31. The lowest BCUT2D eigenvalue weighted by Gasteiger charge is -2.41. The maximum absolute atomic E-state index is 15.4. The maximum Gasteiger partial charge on any atom is 0.422 e. The topological polar surface area (TPSA) is 0 Å². The summed E-state index contributed by atoms with van der Waals surface area (Å²) in [5.74, 6) is -4.82. The SMILES string of the molecule is C/C=C/CCC1CCC2c3cc(F)c(-c4cc(F)c(C(F)(F)F)c(F)c4)c(F)c3CCC2C1. The molecular formula is C26H25F7. The van der Waals surface area contributed by atoms with Crippen molar-refractivity contribution in [3.05, 3.63) is 70.3 Å². The van der Waals surface area contributed by atoms with Crippen LogP contribution < -0.4 is 0 Å². The van der Waals surface area contributed by atoms with Gasteiger partial charge in [0.1, 0.15) is 28.8 Å². The zero-order valence-corrected chi connectivity index (χ0v) is 18.2. The molecule has 0 aliphatic heterocycles. The van der Waals surface area contributed by atoms with Gasteiger partial charge >= 0.3 is 6.18 Å². The first-order valence-corrected chi connectivity index (χ1v) is 11.3. The van der Waals surface area contributed by atoms with E-state index >= 15 is 8.78 Å². The number of halogens is 7. The van der Waals surface area contributed by atoms with E-state index in [9.17, 15) is 22.0 Å². The highest BCUT2D eigenvalue weighted by atomic mass is 19.4. The summed E-state index contributed by atoms with van der Waals surface area (Å²) in [6.45, 7) is 1.99. The summed E-state index contributed by atoms with van der Waals surface area (Å²) in [4.78, 5) is 0. The Labute approximate surface area is 188 Å². The van der Waals surface area contributed by atoms with E-state index in [0.717, 1.165) is 38.5 Å². The molecule has 0 nitrogen and oxygen atoms in total. The van der Waals surface area contributed by atoms with Crippen molar-refractivity contribution >= 4 is 0 Å². The predicted octanol–water partition coefficient (Wildman–Crippen LogP) is 8.73. The van der Waals surface area contributed by atoms with E-state index in [1.54, 1.807) is 0 Å². The highest BCUT2D eigenvalue weighted by Gasteiger charge is 2.40. The molecule has 0 radical (unpaired) electrons. The Morgan fingerprint density at radius 1 is 0.939 bits per heavy atom. The summed E-state index contributed by atoms with van der Waals surface area (Å²) < 4.78 is 97.2. The summed E-state index contributed by atoms with van der Waals surface area (Å²) in [6, 6.07) is 1.92. The average molecular weight is 470 g/mol. The summed E-state index contributed by atoms with van der Waals surface area (Å²) in [5, 5.41) is 0. The largest absolute Gasteiger partial charge is 0.422 e. The monoisotopic (exact) mass is 470 g/mol. The van der Waals surface area contributed by atoms with E-state index in [4.69, 9.17) is 0 Å². The second-order valence-corrected chi connectivity index (χ2v) is 9.16. The van der Waals surface area contributed by atoms with Crippen LogP contribution in [-0.4, -0.2) is 0 Å². The van der Waals surface area contributed by atoms with Gasteiger partial charge in [-0.1, -0.05) is 12.2 Å². The molecule has 0 saturated heterocycles. The Morgan fingerprint density at radius 3 is 2.27 bits per heavy atom. The molecule has 178 valence electrons. The van der Waals surface area contributed by atoms with Gasteiger partial charge in [0.25, 0.3) is 0 Å². The highest BCUT2D eigenvalue weighted by molar-refractivity contribution is 5.68.